The molecule has 1 heterocycles. The van der Waals surface area contributed by atoms with Crippen LogP contribution in [0.4, 0.5) is 0 Å². The van der Waals surface area contributed by atoms with Crippen molar-refractivity contribution in [3.8, 4) is 5.75 Å². The van der Waals surface area contributed by atoms with Crippen molar-refractivity contribution >= 4 is 29.6 Å². The zero-order valence-electron chi connectivity index (χ0n) is 14.9. The number of aliphatic hydroxyl groups excluding tert-OH is 1. The van der Waals surface area contributed by atoms with Crippen molar-refractivity contribution in [1.82, 2.24) is 4.98 Å². The fraction of sp³-hybridized carbons (Fsp3) is 0.429. The summed E-state index contributed by atoms with van der Waals surface area (Å²) in [5.41, 5.74) is 1.21. The number of aromatic nitrogens is 1. The first-order chi connectivity index (χ1) is 13.1. The lowest BCUT2D eigenvalue weighted by molar-refractivity contribution is -0.113. The molecular formula is C21H22ClNO3S. The van der Waals surface area contributed by atoms with Gasteiger partial charge in [0.25, 0.3) is 0 Å². The molecule has 142 valence electrons. The van der Waals surface area contributed by atoms with Gasteiger partial charge in [-0.1, -0.05) is 30.2 Å². The monoisotopic (exact) mass is 403 g/mol. The van der Waals surface area contributed by atoms with Gasteiger partial charge in [0.1, 0.15) is 18.6 Å². The van der Waals surface area contributed by atoms with Crippen molar-refractivity contribution in [1.29, 1.82) is 0 Å². The number of rotatable bonds is 8. The molecule has 2 unspecified atom stereocenters. The molecule has 2 atom stereocenters. The third kappa shape index (κ3) is 4.00. The minimum absolute atomic E-state index is 0.0356. The average molecular weight is 404 g/mol. The summed E-state index contributed by atoms with van der Waals surface area (Å²) in [4.78, 5) is 15.9. The molecule has 2 aliphatic carbocycles. The van der Waals surface area contributed by atoms with Gasteiger partial charge in [0.2, 0.25) is 0 Å². The molecule has 27 heavy (non-hydrogen) atoms. The number of nitrogens with zero attached hydrogens (tertiary/aromatic N) is 1. The van der Waals surface area contributed by atoms with Crippen molar-refractivity contribution in [3.63, 3.8) is 0 Å². The molecule has 6 heteroatoms. The molecule has 1 aromatic carbocycles. The predicted octanol–water partition coefficient (Wildman–Crippen LogP) is 4.62. The second kappa shape index (κ2) is 7.82. The number of halogens is 1. The highest BCUT2D eigenvalue weighted by Gasteiger charge is 2.54. The Kier molecular flexibility index (Phi) is 5.44. The number of benzene rings is 1. The molecule has 4 rings (SSSR count). The predicted molar refractivity (Wildman–Crippen MR) is 106 cm³/mol. The zero-order chi connectivity index (χ0) is 18.9. The zero-order valence-corrected chi connectivity index (χ0v) is 16.5. The number of thioether (sulfide) groups is 1. The molecule has 0 aliphatic heterocycles. The van der Waals surface area contributed by atoms with Crippen molar-refractivity contribution in [2.45, 2.75) is 48.5 Å². The van der Waals surface area contributed by atoms with Crippen LogP contribution in [0, 0.1) is 5.41 Å². The Balaban J connectivity index is 1.39. The van der Waals surface area contributed by atoms with Gasteiger partial charge in [-0.2, -0.15) is 0 Å². The molecule has 2 fully saturated rings. The number of carbonyl (C=O) groups excluding carboxylic acids is 1. The Morgan fingerprint density at radius 1 is 1.33 bits per heavy atom. The van der Waals surface area contributed by atoms with Crippen molar-refractivity contribution in [2.75, 3.05) is 6.61 Å². The van der Waals surface area contributed by atoms with Gasteiger partial charge in [0, 0.05) is 5.25 Å². The summed E-state index contributed by atoms with van der Waals surface area (Å²) in [5, 5.41) is 11.7. The van der Waals surface area contributed by atoms with Crippen LogP contribution in [-0.4, -0.2) is 28.2 Å². The summed E-state index contributed by atoms with van der Waals surface area (Å²) in [5.74, 6) is 0.633. The smallest absolute Gasteiger partial charge is 0.138 e. The second-order valence-corrected chi connectivity index (χ2v) is 9.11. The van der Waals surface area contributed by atoms with Gasteiger partial charge in [-0.3, -0.25) is 0 Å². The first-order valence-electron chi connectivity index (χ1n) is 9.25. The van der Waals surface area contributed by atoms with Gasteiger partial charge in [-0.05, 0) is 55.0 Å². The molecule has 2 aliphatic rings. The van der Waals surface area contributed by atoms with Gasteiger partial charge in [0.15, 0.2) is 0 Å². The number of carbonyl (C=O) groups is 1. The number of ether oxygens (including phenoxy) is 1. The van der Waals surface area contributed by atoms with Gasteiger partial charge in [-0.15, -0.1) is 11.8 Å². The van der Waals surface area contributed by atoms with E-state index in [0.717, 1.165) is 22.6 Å². The number of hydrogen-bond acceptors (Lipinski definition) is 5. The van der Waals surface area contributed by atoms with Crippen LogP contribution in [-0.2, 0) is 11.4 Å². The fourth-order valence-corrected chi connectivity index (χ4v) is 4.86. The molecule has 2 saturated carbocycles. The molecule has 4 nitrogen and oxygen atoms in total. The highest BCUT2D eigenvalue weighted by Crippen LogP contribution is 2.58. The number of aliphatic hydroxyl groups is 1. The lowest BCUT2D eigenvalue weighted by Gasteiger charge is -2.24. The third-order valence-electron chi connectivity index (χ3n) is 5.50. The minimum Gasteiger partial charge on any atom is -0.486 e. The van der Waals surface area contributed by atoms with E-state index in [1.807, 2.05) is 48.2 Å². The van der Waals surface area contributed by atoms with Crippen LogP contribution >= 0.6 is 23.4 Å². The minimum atomic E-state index is -0.631. The van der Waals surface area contributed by atoms with Gasteiger partial charge in [0.05, 0.1) is 27.8 Å². The molecule has 1 N–H and O–H groups in total. The number of pyridine rings is 1. The van der Waals surface area contributed by atoms with E-state index in [4.69, 9.17) is 16.3 Å². The highest BCUT2D eigenvalue weighted by atomic mass is 35.5. The summed E-state index contributed by atoms with van der Waals surface area (Å²) < 4.78 is 5.86. The largest absolute Gasteiger partial charge is 0.486 e. The van der Waals surface area contributed by atoms with E-state index in [0.29, 0.717) is 29.0 Å². The number of aldehydes is 1. The summed E-state index contributed by atoms with van der Waals surface area (Å²) in [6.45, 7) is 0.231. The van der Waals surface area contributed by atoms with E-state index in [1.54, 1.807) is 0 Å². The number of hydrogen-bond donors (Lipinski definition) is 1. The van der Waals surface area contributed by atoms with Crippen molar-refractivity contribution in [2.24, 2.45) is 5.41 Å². The highest BCUT2D eigenvalue weighted by molar-refractivity contribution is 7.99. The fourth-order valence-electron chi connectivity index (χ4n) is 3.38. The second-order valence-electron chi connectivity index (χ2n) is 7.38. The molecular weight excluding hydrogens is 382 g/mol. The van der Waals surface area contributed by atoms with Crippen LogP contribution in [0.5, 0.6) is 5.75 Å². The SMILES string of the molecule is O=CC1(CO)CC1c1ccc(OCc2cccc(SC3CCC3)n2)c(Cl)c1. The lowest BCUT2D eigenvalue weighted by atomic mass is 10.0. The summed E-state index contributed by atoms with van der Waals surface area (Å²) in [6.07, 6.45) is 5.40. The molecule has 1 aromatic heterocycles. The topological polar surface area (TPSA) is 59.4 Å². The first-order valence-corrected chi connectivity index (χ1v) is 10.5. The van der Waals surface area contributed by atoms with Crippen LogP contribution in [0.2, 0.25) is 5.02 Å². The maximum atomic E-state index is 11.2. The van der Waals surface area contributed by atoms with E-state index in [9.17, 15) is 9.90 Å². The van der Waals surface area contributed by atoms with E-state index < -0.39 is 5.41 Å². The molecule has 0 bridgehead atoms. The Labute approximate surface area is 168 Å². The van der Waals surface area contributed by atoms with Crippen molar-refractivity contribution in [3.05, 3.63) is 52.7 Å². The Hall–Kier alpha value is -1.56. The van der Waals surface area contributed by atoms with Gasteiger partial charge < -0.3 is 14.6 Å². The van der Waals surface area contributed by atoms with E-state index in [-0.39, 0.29) is 12.5 Å². The normalized spacial score (nSPS) is 24.3. The van der Waals surface area contributed by atoms with Gasteiger partial charge >= 0.3 is 0 Å². The maximum Gasteiger partial charge on any atom is 0.138 e. The van der Waals surface area contributed by atoms with Crippen LogP contribution in [0.1, 0.15) is 42.9 Å². The maximum absolute atomic E-state index is 11.2. The Morgan fingerprint density at radius 2 is 2.19 bits per heavy atom. The van der Waals surface area contributed by atoms with E-state index in [1.165, 1.54) is 19.3 Å². The van der Waals surface area contributed by atoms with Crippen LogP contribution in [0.3, 0.4) is 0 Å². The standard InChI is InChI=1S/C21H22ClNO3S/c22-18-9-14(17-10-21(17,12-24)13-25)7-8-19(18)26-11-15-3-1-6-20(23-15)27-16-4-2-5-16/h1,3,6-9,12,16-17,25H,2,4-5,10-11,13H2. The van der Waals surface area contributed by atoms with Crippen LogP contribution in [0.15, 0.2) is 41.4 Å². The summed E-state index contributed by atoms with van der Waals surface area (Å²) in [6, 6.07) is 11.6. The van der Waals surface area contributed by atoms with Crippen LogP contribution in [0.25, 0.3) is 0 Å². The molecule has 2 aromatic rings. The lowest BCUT2D eigenvalue weighted by Crippen LogP contribution is -2.13. The molecule has 0 saturated heterocycles. The Morgan fingerprint density at radius 3 is 2.81 bits per heavy atom. The first kappa shape index (κ1) is 18.8. The molecule has 0 amide bonds. The molecule has 0 radical (unpaired) electrons. The van der Waals surface area contributed by atoms with Gasteiger partial charge in [-0.25, -0.2) is 4.98 Å². The van der Waals surface area contributed by atoms with E-state index in [2.05, 4.69) is 4.98 Å². The molecule has 0 spiro atoms. The quantitative estimate of drug-likeness (QED) is 0.651. The summed E-state index contributed by atoms with van der Waals surface area (Å²) >= 11 is 8.22. The van der Waals surface area contributed by atoms with Crippen molar-refractivity contribution < 1.29 is 14.6 Å². The third-order valence-corrected chi connectivity index (χ3v) is 7.07. The average Bonchev–Trinajstić information content (AvgIpc) is 3.39. The van der Waals surface area contributed by atoms with E-state index >= 15 is 0 Å². The van der Waals surface area contributed by atoms with Crippen LogP contribution < -0.4 is 4.74 Å². The summed E-state index contributed by atoms with van der Waals surface area (Å²) in [7, 11) is 0. The Bertz CT molecular complexity index is 842.